The molecule has 1 atom stereocenters. The van der Waals surface area contributed by atoms with Crippen LogP contribution in [0.5, 0.6) is 11.5 Å². The van der Waals surface area contributed by atoms with Gasteiger partial charge in [0.05, 0.1) is 23.9 Å². The molecule has 200 valence electrons. The first-order chi connectivity index (χ1) is 18.9. The van der Waals surface area contributed by atoms with Crippen molar-refractivity contribution in [3.8, 4) is 11.5 Å². The molecule has 0 radical (unpaired) electrons. The third-order valence-corrected chi connectivity index (χ3v) is 6.52. The van der Waals surface area contributed by atoms with Gasteiger partial charge in [0, 0.05) is 0 Å². The first kappa shape index (κ1) is 27.7. The number of hydrogen-bond donors (Lipinski definition) is 2. The van der Waals surface area contributed by atoms with Crippen molar-refractivity contribution in [2.75, 3.05) is 7.11 Å². The molecule has 4 aromatic rings. The molecule has 0 aliphatic heterocycles. The van der Waals surface area contributed by atoms with Crippen LogP contribution in [0.25, 0.3) is 10.8 Å². The Morgan fingerprint density at radius 1 is 0.949 bits per heavy atom. The number of hydrogen-bond acceptors (Lipinski definition) is 5. The zero-order valence-corrected chi connectivity index (χ0v) is 22.7. The number of nitrogens with zero attached hydrogens (tertiary/aromatic N) is 1. The maximum absolute atomic E-state index is 12.8. The molecular weight excluding hydrogens is 514 g/mol. The van der Waals surface area contributed by atoms with E-state index in [9.17, 15) is 9.59 Å². The SMILES string of the molecule is COc1cc(C=NNC(=O)C(NC(=O)c2ccccc2Cl)C(C)C)ccc1OCc1cccc2ccccc12. The standard InChI is InChI=1S/C31H30ClN3O4/c1-20(2)29(34-30(36)25-13-6-7-14-26(25)32)31(37)35-33-18-21-15-16-27(28(17-21)38-3)39-19-23-11-8-10-22-9-4-5-12-24(22)23/h4-18,20,29H,19H2,1-3H3,(H,34,36)(H,35,37). The molecule has 0 saturated heterocycles. The van der Waals surface area contributed by atoms with Gasteiger partial charge in [-0.25, -0.2) is 5.43 Å². The molecule has 0 fully saturated rings. The quantitative estimate of drug-likeness (QED) is 0.190. The highest BCUT2D eigenvalue weighted by Crippen LogP contribution is 2.29. The normalized spacial score (nSPS) is 11.9. The average Bonchev–Trinajstić information content (AvgIpc) is 2.94. The summed E-state index contributed by atoms with van der Waals surface area (Å²) in [7, 11) is 1.57. The van der Waals surface area contributed by atoms with Gasteiger partial charge in [0.25, 0.3) is 11.8 Å². The fraction of sp³-hybridized carbons (Fsp3) is 0.194. The minimum atomic E-state index is -0.801. The summed E-state index contributed by atoms with van der Waals surface area (Å²) in [6.07, 6.45) is 1.50. The molecule has 39 heavy (non-hydrogen) atoms. The lowest BCUT2D eigenvalue weighted by Crippen LogP contribution is -2.48. The third-order valence-electron chi connectivity index (χ3n) is 6.19. The van der Waals surface area contributed by atoms with Gasteiger partial charge in [0.1, 0.15) is 12.6 Å². The summed E-state index contributed by atoms with van der Waals surface area (Å²) in [4.78, 5) is 25.5. The van der Waals surface area contributed by atoms with Gasteiger partial charge in [-0.1, -0.05) is 80.0 Å². The minimum Gasteiger partial charge on any atom is -0.493 e. The molecular formula is C31H30ClN3O4. The summed E-state index contributed by atoms with van der Waals surface area (Å²) in [6, 6.07) is 25.6. The number of hydrazone groups is 1. The van der Waals surface area contributed by atoms with Gasteiger partial charge < -0.3 is 14.8 Å². The lowest BCUT2D eigenvalue weighted by Gasteiger charge is -2.20. The zero-order valence-electron chi connectivity index (χ0n) is 22.0. The van der Waals surface area contributed by atoms with E-state index in [1.54, 1.807) is 43.5 Å². The van der Waals surface area contributed by atoms with Crippen molar-refractivity contribution in [3.63, 3.8) is 0 Å². The topological polar surface area (TPSA) is 89.0 Å². The molecule has 0 saturated carbocycles. The van der Waals surface area contributed by atoms with Crippen LogP contribution in [0.15, 0.2) is 90.0 Å². The van der Waals surface area contributed by atoms with Crippen LogP contribution in [-0.4, -0.2) is 31.2 Å². The maximum atomic E-state index is 12.8. The molecule has 0 aromatic heterocycles. The predicted octanol–water partition coefficient (Wildman–Crippen LogP) is 5.99. The van der Waals surface area contributed by atoms with Crippen LogP contribution >= 0.6 is 11.6 Å². The predicted molar refractivity (Wildman–Crippen MR) is 155 cm³/mol. The molecule has 7 nitrogen and oxygen atoms in total. The second-order valence-electron chi connectivity index (χ2n) is 9.25. The van der Waals surface area contributed by atoms with Gasteiger partial charge in [0.15, 0.2) is 11.5 Å². The molecule has 4 rings (SSSR count). The van der Waals surface area contributed by atoms with Crippen LogP contribution in [0.4, 0.5) is 0 Å². The highest BCUT2D eigenvalue weighted by Gasteiger charge is 2.25. The number of carbonyl (C=O) groups is 2. The van der Waals surface area contributed by atoms with Crippen molar-refractivity contribution in [1.82, 2.24) is 10.7 Å². The smallest absolute Gasteiger partial charge is 0.262 e. The van der Waals surface area contributed by atoms with E-state index >= 15 is 0 Å². The monoisotopic (exact) mass is 543 g/mol. The summed E-state index contributed by atoms with van der Waals surface area (Å²) < 4.78 is 11.6. The molecule has 8 heteroatoms. The van der Waals surface area contributed by atoms with Crippen molar-refractivity contribution in [3.05, 3.63) is 107 Å². The number of halogens is 1. The van der Waals surface area contributed by atoms with Gasteiger partial charge >= 0.3 is 0 Å². The molecule has 2 amide bonds. The number of methoxy groups -OCH3 is 1. The van der Waals surface area contributed by atoms with Gasteiger partial charge in [-0.05, 0) is 58.1 Å². The highest BCUT2D eigenvalue weighted by atomic mass is 35.5. The van der Waals surface area contributed by atoms with Crippen molar-refractivity contribution in [2.45, 2.75) is 26.5 Å². The van der Waals surface area contributed by atoms with E-state index in [0.29, 0.717) is 34.3 Å². The van der Waals surface area contributed by atoms with E-state index < -0.39 is 17.9 Å². The number of benzene rings is 4. The number of amides is 2. The van der Waals surface area contributed by atoms with Crippen molar-refractivity contribution in [2.24, 2.45) is 11.0 Å². The Morgan fingerprint density at radius 2 is 1.69 bits per heavy atom. The van der Waals surface area contributed by atoms with Gasteiger partial charge in [-0.3, -0.25) is 9.59 Å². The molecule has 0 aliphatic rings. The van der Waals surface area contributed by atoms with E-state index in [-0.39, 0.29) is 5.92 Å². The van der Waals surface area contributed by atoms with Gasteiger partial charge in [0.2, 0.25) is 0 Å². The van der Waals surface area contributed by atoms with Crippen molar-refractivity contribution >= 4 is 40.4 Å². The average molecular weight is 544 g/mol. The number of ether oxygens (including phenoxy) is 2. The number of carbonyl (C=O) groups excluding carboxylic acids is 2. The second kappa shape index (κ2) is 12.9. The Morgan fingerprint density at radius 3 is 2.46 bits per heavy atom. The highest BCUT2D eigenvalue weighted by molar-refractivity contribution is 6.33. The molecule has 0 aliphatic carbocycles. The van der Waals surface area contributed by atoms with Crippen LogP contribution in [0.1, 0.15) is 35.3 Å². The molecule has 0 heterocycles. The zero-order chi connectivity index (χ0) is 27.8. The Bertz CT molecular complexity index is 1500. The fourth-order valence-electron chi connectivity index (χ4n) is 4.10. The van der Waals surface area contributed by atoms with Crippen LogP contribution in [0.3, 0.4) is 0 Å². The van der Waals surface area contributed by atoms with E-state index in [4.69, 9.17) is 21.1 Å². The first-order valence-electron chi connectivity index (χ1n) is 12.5. The van der Waals surface area contributed by atoms with Crippen LogP contribution < -0.4 is 20.2 Å². The molecule has 0 bridgehead atoms. The van der Waals surface area contributed by atoms with Crippen molar-refractivity contribution in [1.29, 1.82) is 0 Å². The van der Waals surface area contributed by atoms with Gasteiger partial charge in [-0.2, -0.15) is 5.10 Å². The third kappa shape index (κ3) is 6.94. The Balaban J connectivity index is 1.39. The lowest BCUT2D eigenvalue weighted by atomic mass is 10.0. The van der Waals surface area contributed by atoms with E-state index in [2.05, 4.69) is 34.0 Å². The molecule has 4 aromatic carbocycles. The first-order valence-corrected chi connectivity index (χ1v) is 12.9. The van der Waals surface area contributed by atoms with E-state index in [1.165, 1.54) is 6.21 Å². The van der Waals surface area contributed by atoms with Crippen LogP contribution in [0, 0.1) is 5.92 Å². The van der Waals surface area contributed by atoms with Gasteiger partial charge in [-0.15, -0.1) is 0 Å². The summed E-state index contributed by atoms with van der Waals surface area (Å²) in [5.41, 5.74) is 4.59. The van der Waals surface area contributed by atoms with Crippen molar-refractivity contribution < 1.29 is 19.1 Å². The maximum Gasteiger partial charge on any atom is 0.262 e. The summed E-state index contributed by atoms with van der Waals surface area (Å²) in [6.45, 7) is 4.06. The number of rotatable bonds is 10. The van der Waals surface area contributed by atoms with Crippen LogP contribution in [-0.2, 0) is 11.4 Å². The second-order valence-corrected chi connectivity index (χ2v) is 9.65. The molecule has 1 unspecified atom stereocenters. The summed E-state index contributed by atoms with van der Waals surface area (Å²) >= 11 is 6.12. The summed E-state index contributed by atoms with van der Waals surface area (Å²) in [5, 5.41) is 9.43. The Kier molecular flexibility index (Phi) is 9.18. The minimum absolute atomic E-state index is 0.176. The van der Waals surface area contributed by atoms with E-state index in [0.717, 1.165) is 16.3 Å². The Hall–Kier alpha value is -4.36. The van der Waals surface area contributed by atoms with E-state index in [1.807, 2.05) is 44.2 Å². The number of nitrogens with one attached hydrogen (secondary N) is 2. The number of fused-ring (bicyclic) bond motifs is 1. The summed E-state index contributed by atoms with van der Waals surface area (Å²) in [5.74, 6) is 0.0853. The largest absolute Gasteiger partial charge is 0.493 e. The van der Waals surface area contributed by atoms with Crippen LogP contribution in [0.2, 0.25) is 5.02 Å². The molecule has 0 spiro atoms. The fourth-order valence-corrected chi connectivity index (χ4v) is 4.32. The molecule has 2 N–H and O–H groups in total. The lowest BCUT2D eigenvalue weighted by molar-refractivity contribution is -0.123. The Labute approximate surface area is 232 Å².